The summed E-state index contributed by atoms with van der Waals surface area (Å²) in [6.45, 7) is 4.80. The Labute approximate surface area is 133 Å². The van der Waals surface area contributed by atoms with Crippen molar-refractivity contribution in [2.75, 3.05) is 6.54 Å². The molecule has 1 unspecified atom stereocenters. The summed E-state index contributed by atoms with van der Waals surface area (Å²) in [6, 6.07) is -0.0548. The third-order valence-corrected chi connectivity index (χ3v) is 4.93. The molecule has 22 heavy (non-hydrogen) atoms. The number of carbonyl (C=O) groups is 1. The average Bonchev–Trinajstić information content (AvgIpc) is 3.26. The Kier molecular flexibility index (Phi) is 4.52. The zero-order chi connectivity index (χ0) is 15.5. The lowest BCUT2D eigenvalue weighted by atomic mass is 10.2. The van der Waals surface area contributed by atoms with E-state index in [0.717, 1.165) is 36.5 Å². The first kappa shape index (κ1) is 15.1. The van der Waals surface area contributed by atoms with Gasteiger partial charge in [-0.3, -0.25) is 4.79 Å². The van der Waals surface area contributed by atoms with Crippen LogP contribution in [0.1, 0.15) is 55.1 Å². The number of thiazole rings is 1. The second-order valence-electron chi connectivity index (χ2n) is 5.41. The lowest BCUT2D eigenvalue weighted by Crippen LogP contribution is -2.32. The quantitative estimate of drug-likeness (QED) is 0.846. The van der Waals surface area contributed by atoms with Gasteiger partial charge in [-0.1, -0.05) is 19.0 Å². The highest BCUT2D eigenvalue weighted by Crippen LogP contribution is 2.30. The van der Waals surface area contributed by atoms with Crippen molar-refractivity contribution in [3.63, 3.8) is 0 Å². The van der Waals surface area contributed by atoms with E-state index in [1.165, 1.54) is 0 Å². The lowest BCUT2D eigenvalue weighted by molar-refractivity contribution is -0.131. The fourth-order valence-corrected chi connectivity index (χ4v) is 3.47. The topological polar surface area (TPSA) is 72.1 Å². The molecule has 1 amide bonds. The van der Waals surface area contributed by atoms with Crippen LogP contribution < -0.4 is 0 Å². The van der Waals surface area contributed by atoms with Crippen LogP contribution in [-0.2, 0) is 24.1 Å². The van der Waals surface area contributed by atoms with E-state index >= 15 is 0 Å². The first-order valence-electron chi connectivity index (χ1n) is 7.76. The van der Waals surface area contributed by atoms with Gasteiger partial charge >= 0.3 is 0 Å². The normalized spacial score (nSPS) is 18.1. The van der Waals surface area contributed by atoms with Crippen molar-refractivity contribution in [2.24, 2.45) is 0 Å². The van der Waals surface area contributed by atoms with Gasteiger partial charge in [0.1, 0.15) is 0 Å². The van der Waals surface area contributed by atoms with Gasteiger partial charge in [0.2, 0.25) is 11.8 Å². The highest BCUT2D eigenvalue weighted by atomic mass is 32.1. The van der Waals surface area contributed by atoms with Gasteiger partial charge in [-0.15, -0.1) is 11.3 Å². The molecule has 0 aliphatic carbocycles. The molecule has 118 valence electrons. The van der Waals surface area contributed by atoms with Gasteiger partial charge in [0, 0.05) is 18.3 Å². The number of amides is 1. The number of rotatable bonds is 5. The molecule has 1 fully saturated rings. The fourth-order valence-electron chi connectivity index (χ4n) is 2.73. The molecule has 6 nitrogen and oxygen atoms in total. The number of hydrogen-bond donors (Lipinski definition) is 0. The average molecular weight is 320 g/mol. The molecule has 0 bridgehead atoms. The van der Waals surface area contributed by atoms with E-state index in [0.29, 0.717) is 24.6 Å². The third-order valence-electron chi connectivity index (χ3n) is 3.89. The molecule has 0 aromatic carbocycles. The predicted octanol–water partition coefficient (Wildman–Crippen LogP) is 2.56. The maximum Gasteiger partial charge on any atom is 0.229 e. The van der Waals surface area contributed by atoms with Crippen molar-refractivity contribution < 1.29 is 9.32 Å². The van der Waals surface area contributed by atoms with E-state index in [1.807, 2.05) is 17.2 Å². The largest absolute Gasteiger partial charge is 0.339 e. The Hall–Kier alpha value is -1.76. The molecule has 0 radical (unpaired) electrons. The van der Waals surface area contributed by atoms with Crippen LogP contribution in [-0.4, -0.2) is 32.5 Å². The van der Waals surface area contributed by atoms with Crippen LogP contribution in [0.2, 0.25) is 0 Å². The Bertz CT molecular complexity index is 652. The number of hydrogen-bond acceptors (Lipinski definition) is 6. The van der Waals surface area contributed by atoms with E-state index < -0.39 is 0 Å². The summed E-state index contributed by atoms with van der Waals surface area (Å²) in [7, 11) is 0. The van der Waals surface area contributed by atoms with Gasteiger partial charge in [-0.05, 0) is 19.3 Å². The van der Waals surface area contributed by atoms with Crippen LogP contribution in [0, 0.1) is 0 Å². The van der Waals surface area contributed by atoms with Crippen molar-refractivity contribution in [3.8, 4) is 0 Å². The van der Waals surface area contributed by atoms with Gasteiger partial charge in [0.25, 0.3) is 0 Å². The van der Waals surface area contributed by atoms with Crippen molar-refractivity contribution in [2.45, 2.75) is 52.0 Å². The summed E-state index contributed by atoms with van der Waals surface area (Å²) in [5.74, 6) is 1.36. The molecule has 0 spiro atoms. The van der Waals surface area contributed by atoms with Crippen molar-refractivity contribution in [1.82, 2.24) is 20.0 Å². The smallest absolute Gasteiger partial charge is 0.229 e. The summed E-state index contributed by atoms with van der Waals surface area (Å²) in [5, 5.41) is 7.09. The number of carbonyl (C=O) groups excluding carboxylic acids is 1. The zero-order valence-electron chi connectivity index (χ0n) is 12.9. The molecule has 1 saturated heterocycles. The van der Waals surface area contributed by atoms with Gasteiger partial charge in [-0.25, -0.2) is 4.98 Å². The van der Waals surface area contributed by atoms with Crippen LogP contribution in [0.15, 0.2) is 9.90 Å². The third kappa shape index (κ3) is 3.04. The first-order valence-corrected chi connectivity index (χ1v) is 8.64. The molecule has 0 N–H and O–H groups in total. The minimum Gasteiger partial charge on any atom is -0.339 e. The van der Waals surface area contributed by atoms with E-state index in [1.54, 1.807) is 11.3 Å². The minimum absolute atomic E-state index is 0.0548. The van der Waals surface area contributed by atoms with Crippen LogP contribution in [0.4, 0.5) is 0 Å². The maximum absolute atomic E-state index is 12.6. The molecule has 7 heteroatoms. The molecule has 2 aromatic rings. The van der Waals surface area contributed by atoms with E-state index in [9.17, 15) is 4.79 Å². The van der Waals surface area contributed by atoms with Gasteiger partial charge < -0.3 is 9.42 Å². The van der Waals surface area contributed by atoms with Crippen molar-refractivity contribution in [3.05, 3.63) is 27.8 Å². The molecule has 3 heterocycles. The Morgan fingerprint density at radius 2 is 2.27 bits per heavy atom. The van der Waals surface area contributed by atoms with Crippen LogP contribution in [0.25, 0.3) is 0 Å². The van der Waals surface area contributed by atoms with Crippen molar-refractivity contribution in [1.29, 1.82) is 0 Å². The molecular weight excluding hydrogens is 300 g/mol. The first-order chi connectivity index (χ1) is 10.7. The minimum atomic E-state index is -0.0548. The Morgan fingerprint density at radius 1 is 1.41 bits per heavy atom. The fraction of sp³-hybridized carbons (Fsp3) is 0.600. The van der Waals surface area contributed by atoms with Gasteiger partial charge in [0.05, 0.1) is 23.2 Å². The zero-order valence-corrected chi connectivity index (χ0v) is 13.7. The predicted molar refractivity (Wildman–Crippen MR) is 82.6 cm³/mol. The summed E-state index contributed by atoms with van der Waals surface area (Å²) >= 11 is 1.62. The standard InChI is InChI=1S/C15H20N4O2S/c1-3-12-17-15(18-21-12)11-6-5-7-19(11)14(20)8-10-9-22-13(4-2)16-10/h9,11H,3-8H2,1-2H3. The van der Waals surface area contributed by atoms with Crippen LogP contribution >= 0.6 is 11.3 Å². The second kappa shape index (κ2) is 6.56. The van der Waals surface area contributed by atoms with E-state index in [4.69, 9.17) is 4.52 Å². The van der Waals surface area contributed by atoms with Crippen molar-refractivity contribution >= 4 is 17.2 Å². The maximum atomic E-state index is 12.6. The molecule has 0 saturated carbocycles. The molecular formula is C15H20N4O2S. The SMILES string of the molecule is CCc1nc(C2CCCN2C(=O)Cc2csc(CC)n2)no1. The van der Waals surface area contributed by atoms with Gasteiger partial charge in [-0.2, -0.15) is 4.98 Å². The molecule has 1 aliphatic heterocycles. The van der Waals surface area contributed by atoms with Crippen LogP contribution in [0.5, 0.6) is 0 Å². The van der Waals surface area contributed by atoms with E-state index in [2.05, 4.69) is 22.0 Å². The monoisotopic (exact) mass is 320 g/mol. The number of aryl methyl sites for hydroxylation is 2. The lowest BCUT2D eigenvalue weighted by Gasteiger charge is -2.21. The van der Waals surface area contributed by atoms with Crippen LogP contribution in [0.3, 0.4) is 0 Å². The summed E-state index contributed by atoms with van der Waals surface area (Å²) in [4.78, 5) is 23.3. The second-order valence-corrected chi connectivity index (χ2v) is 6.35. The molecule has 2 aromatic heterocycles. The summed E-state index contributed by atoms with van der Waals surface area (Å²) in [6.07, 6.45) is 3.85. The van der Waals surface area contributed by atoms with E-state index in [-0.39, 0.29) is 11.9 Å². The van der Waals surface area contributed by atoms with Gasteiger partial charge in [0.15, 0.2) is 5.82 Å². The summed E-state index contributed by atoms with van der Waals surface area (Å²) in [5.41, 5.74) is 0.861. The highest BCUT2D eigenvalue weighted by molar-refractivity contribution is 7.09. The summed E-state index contributed by atoms with van der Waals surface area (Å²) < 4.78 is 5.18. The molecule has 1 atom stereocenters. The molecule has 1 aliphatic rings. The number of aromatic nitrogens is 3. The molecule has 3 rings (SSSR count). The number of likely N-dealkylation sites (tertiary alicyclic amines) is 1. The Morgan fingerprint density at radius 3 is 2.95 bits per heavy atom. The Balaban J connectivity index is 1.70. The number of nitrogens with zero attached hydrogens (tertiary/aromatic N) is 4. The highest BCUT2D eigenvalue weighted by Gasteiger charge is 2.33.